The first-order valence-corrected chi connectivity index (χ1v) is 8.86. The van der Waals surface area contributed by atoms with Crippen molar-refractivity contribution in [1.29, 1.82) is 0 Å². The van der Waals surface area contributed by atoms with Crippen LogP contribution >= 0.6 is 15.9 Å². The SMILES string of the molecule is CCCCCCCCC(Br)CCCCCCC. The van der Waals surface area contributed by atoms with Crippen LogP contribution in [-0.2, 0) is 0 Å². The van der Waals surface area contributed by atoms with Crippen molar-refractivity contribution in [3.05, 3.63) is 0 Å². The molecule has 0 aromatic carbocycles. The van der Waals surface area contributed by atoms with E-state index < -0.39 is 0 Å². The van der Waals surface area contributed by atoms with E-state index in [2.05, 4.69) is 29.8 Å². The van der Waals surface area contributed by atoms with Crippen molar-refractivity contribution >= 4 is 15.9 Å². The van der Waals surface area contributed by atoms with Gasteiger partial charge in [-0.15, -0.1) is 0 Å². The van der Waals surface area contributed by atoms with Gasteiger partial charge in [0.15, 0.2) is 0 Å². The third-order valence-corrected chi connectivity index (χ3v) is 4.41. The van der Waals surface area contributed by atoms with Crippen LogP contribution < -0.4 is 0 Å². The molecule has 0 aliphatic heterocycles. The fourth-order valence-electron chi connectivity index (χ4n) is 2.26. The maximum absolute atomic E-state index is 3.83. The summed E-state index contributed by atoms with van der Waals surface area (Å²) in [6, 6.07) is 0. The van der Waals surface area contributed by atoms with Gasteiger partial charge in [-0.05, 0) is 12.8 Å². The summed E-state index contributed by atoms with van der Waals surface area (Å²) in [7, 11) is 0. The molecule has 0 heterocycles. The quantitative estimate of drug-likeness (QED) is 0.257. The Morgan fingerprint density at radius 2 is 0.941 bits per heavy atom. The highest BCUT2D eigenvalue weighted by Gasteiger charge is 2.03. The molecule has 1 heteroatoms. The highest BCUT2D eigenvalue weighted by Crippen LogP contribution is 2.19. The standard InChI is InChI=1S/C16H33Br/c1-3-5-7-9-11-13-15-16(17)14-12-10-8-6-4-2/h16H,3-15H2,1-2H3. The second kappa shape index (κ2) is 14.5. The molecule has 0 radical (unpaired) electrons. The first-order chi connectivity index (χ1) is 8.31. The second-order valence-corrected chi connectivity index (χ2v) is 6.65. The average molecular weight is 305 g/mol. The van der Waals surface area contributed by atoms with Gasteiger partial charge in [-0.1, -0.05) is 100 Å². The summed E-state index contributed by atoms with van der Waals surface area (Å²) in [6.07, 6.45) is 18.4. The van der Waals surface area contributed by atoms with E-state index in [1.807, 2.05) is 0 Å². The van der Waals surface area contributed by atoms with Gasteiger partial charge in [-0.3, -0.25) is 0 Å². The second-order valence-electron chi connectivity index (χ2n) is 5.36. The highest BCUT2D eigenvalue weighted by atomic mass is 79.9. The number of halogens is 1. The van der Waals surface area contributed by atoms with E-state index in [0.29, 0.717) is 0 Å². The molecule has 17 heavy (non-hydrogen) atoms. The summed E-state index contributed by atoms with van der Waals surface area (Å²) < 4.78 is 0. The molecule has 0 nitrogen and oxygen atoms in total. The zero-order chi connectivity index (χ0) is 12.8. The van der Waals surface area contributed by atoms with E-state index in [4.69, 9.17) is 0 Å². The minimum absolute atomic E-state index is 0.787. The minimum Gasteiger partial charge on any atom is -0.0891 e. The predicted molar refractivity (Wildman–Crippen MR) is 84.1 cm³/mol. The molecular formula is C16H33Br. The van der Waals surface area contributed by atoms with Crippen LogP contribution in [0.25, 0.3) is 0 Å². The van der Waals surface area contributed by atoms with E-state index in [9.17, 15) is 0 Å². The first kappa shape index (κ1) is 17.5. The molecule has 0 rings (SSSR count). The van der Waals surface area contributed by atoms with Crippen molar-refractivity contribution in [1.82, 2.24) is 0 Å². The Morgan fingerprint density at radius 1 is 0.588 bits per heavy atom. The molecule has 104 valence electrons. The van der Waals surface area contributed by atoms with E-state index in [1.165, 1.54) is 83.5 Å². The Bertz CT molecular complexity index is 133. The van der Waals surface area contributed by atoms with Crippen LogP contribution in [0, 0.1) is 0 Å². The van der Waals surface area contributed by atoms with Gasteiger partial charge in [-0.2, -0.15) is 0 Å². The van der Waals surface area contributed by atoms with E-state index in [1.54, 1.807) is 0 Å². The molecule has 0 amide bonds. The molecular weight excluding hydrogens is 272 g/mol. The third kappa shape index (κ3) is 14.4. The molecule has 0 aromatic rings. The number of unbranched alkanes of at least 4 members (excludes halogenated alkanes) is 9. The number of rotatable bonds is 13. The molecule has 1 atom stereocenters. The zero-order valence-corrected chi connectivity index (χ0v) is 13.7. The van der Waals surface area contributed by atoms with E-state index >= 15 is 0 Å². The molecule has 0 bridgehead atoms. The number of hydrogen-bond acceptors (Lipinski definition) is 0. The van der Waals surface area contributed by atoms with Crippen LogP contribution in [0.4, 0.5) is 0 Å². The molecule has 0 saturated heterocycles. The van der Waals surface area contributed by atoms with E-state index in [-0.39, 0.29) is 0 Å². The Morgan fingerprint density at radius 3 is 1.35 bits per heavy atom. The molecule has 0 aromatic heterocycles. The zero-order valence-electron chi connectivity index (χ0n) is 12.1. The van der Waals surface area contributed by atoms with Gasteiger partial charge < -0.3 is 0 Å². The van der Waals surface area contributed by atoms with Crippen LogP contribution in [-0.4, -0.2) is 4.83 Å². The molecule has 0 aliphatic rings. The van der Waals surface area contributed by atoms with Gasteiger partial charge in [0.25, 0.3) is 0 Å². The Labute approximate surface area is 118 Å². The number of hydrogen-bond donors (Lipinski definition) is 0. The summed E-state index contributed by atoms with van der Waals surface area (Å²) in [4.78, 5) is 0.787. The van der Waals surface area contributed by atoms with Gasteiger partial charge in [0, 0.05) is 4.83 Å². The number of alkyl halides is 1. The van der Waals surface area contributed by atoms with Gasteiger partial charge in [0.05, 0.1) is 0 Å². The lowest BCUT2D eigenvalue weighted by atomic mass is 10.0. The summed E-state index contributed by atoms with van der Waals surface area (Å²) in [5, 5.41) is 0. The molecule has 0 saturated carbocycles. The Hall–Kier alpha value is 0.480. The van der Waals surface area contributed by atoms with Crippen molar-refractivity contribution < 1.29 is 0 Å². The van der Waals surface area contributed by atoms with Crippen LogP contribution in [0.3, 0.4) is 0 Å². The Balaban J connectivity index is 3.09. The topological polar surface area (TPSA) is 0 Å². The maximum atomic E-state index is 3.83. The van der Waals surface area contributed by atoms with Crippen LogP contribution in [0.15, 0.2) is 0 Å². The largest absolute Gasteiger partial charge is 0.0891 e. The molecule has 0 aliphatic carbocycles. The van der Waals surface area contributed by atoms with Crippen molar-refractivity contribution in [3.8, 4) is 0 Å². The lowest BCUT2D eigenvalue weighted by Gasteiger charge is -2.09. The van der Waals surface area contributed by atoms with Crippen LogP contribution in [0.5, 0.6) is 0 Å². The van der Waals surface area contributed by atoms with Crippen LogP contribution in [0.1, 0.15) is 97.3 Å². The molecule has 0 N–H and O–H groups in total. The van der Waals surface area contributed by atoms with Crippen molar-refractivity contribution in [2.45, 2.75) is 102 Å². The van der Waals surface area contributed by atoms with Gasteiger partial charge in [-0.25, -0.2) is 0 Å². The maximum Gasteiger partial charge on any atom is 0.0145 e. The fraction of sp³-hybridized carbons (Fsp3) is 1.00. The monoisotopic (exact) mass is 304 g/mol. The fourth-order valence-corrected chi connectivity index (χ4v) is 2.91. The summed E-state index contributed by atoms with van der Waals surface area (Å²) in [6.45, 7) is 4.57. The minimum atomic E-state index is 0.787. The van der Waals surface area contributed by atoms with Crippen molar-refractivity contribution in [3.63, 3.8) is 0 Å². The molecule has 0 fully saturated rings. The highest BCUT2D eigenvalue weighted by molar-refractivity contribution is 9.09. The van der Waals surface area contributed by atoms with Crippen molar-refractivity contribution in [2.75, 3.05) is 0 Å². The molecule has 1 unspecified atom stereocenters. The smallest absolute Gasteiger partial charge is 0.0145 e. The van der Waals surface area contributed by atoms with Crippen molar-refractivity contribution in [2.24, 2.45) is 0 Å². The first-order valence-electron chi connectivity index (χ1n) is 7.95. The lowest BCUT2D eigenvalue weighted by molar-refractivity contribution is 0.550. The van der Waals surface area contributed by atoms with Crippen LogP contribution in [0.2, 0.25) is 0 Å². The van der Waals surface area contributed by atoms with Gasteiger partial charge in [0.1, 0.15) is 0 Å². The summed E-state index contributed by atoms with van der Waals surface area (Å²) >= 11 is 3.83. The molecule has 0 spiro atoms. The normalized spacial score (nSPS) is 12.9. The Kier molecular flexibility index (Phi) is 15.0. The van der Waals surface area contributed by atoms with Gasteiger partial charge >= 0.3 is 0 Å². The van der Waals surface area contributed by atoms with E-state index in [0.717, 1.165) is 4.83 Å². The van der Waals surface area contributed by atoms with Gasteiger partial charge in [0.2, 0.25) is 0 Å². The average Bonchev–Trinajstić information content (AvgIpc) is 2.33. The predicted octanol–water partition coefficient (Wildman–Crippen LogP) is 6.86. The summed E-state index contributed by atoms with van der Waals surface area (Å²) in [5.41, 5.74) is 0. The summed E-state index contributed by atoms with van der Waals surface area (Å²) in [5.74, 6) is 0. The lowest BCUT2D eigenvalue weighted by Crippen LogP contribution is -1.97. The third-order valence-electron chi connectivity index (χ3n) is 3.49.